The molecule has 4 nitrogen and oxygen atoms in total. The number of anilines is 6. The number of para-hydroxylation sites is 10. The highest BCUT2D eigenvalue weighted by Gasteiger charge is 2.30. The van der Waals surface area contributed by atoms with Crippen LogP contribution in [0.4, 0.5) is 34.1 Å². The summed E-state index contributed by atoms with van der Waals surface area (Å²) in [6.45, 7) is 0. The van der Waals surface area contributed by atoms with Crippen LogP contribution >= 0.6 is 0 Å². The number of rotatable bonds is 3. The summed E-state index contributed by atoms with van der Waals surface area (Å²) in [6.07, 6.45) is 0. The molecule has 4 heteroatoms. The zero-order valence-electron chi connectivity index (χ0n) is 21.6. The molecule has 0 aliphatic carbocycles. The second kappa shape index (κ2) is 9.07. The van der Waals surface area contributed by atoms with E-state index in [0.717, 1.165) is 68.2 Å². The first kappa shape index (κ1) is 22.5. The average Bonchev–Trinajstić information content (AvgIpc) is 3.02. The lowest BCUT2D eigenvalue weighted by Gasteiger charge is -2.36. The molecule has 8 rings (SSSR count). The molecule has 40 heavy (non-hydrogen) atoms. The fourth-order valence-corrected chi connectivity index (χ4v) is 5.72. The summed E-state index contributed by atoms with van der Waals surface area (Å²) >= 11 is 0. The molecule has 2 aliphatic rings. The first-order valence-corrected chi connectivity index (χ1v) is 13.4. The van der Waals surface area contributed by atoms with E-state index in [1.807, 2.05) is 48.5 Å². The molecular formula is C36H24N2O2. The lowest BCUT2D eigenvalue weighted by molar-refractivity contribution is 0.476. The number of hydrogen-bond acceptors (Lipinski definition) is 4. The lowest BCUT2D eigenvalue weighted by atomic mass is 9.98. The first-order valence-electron chi connectivity index (χ1n) is 13.4. The Morgan fingerprint density at radius 2 is 0.525 bits per heavy atom. The molecule has 0 spiro atoms. The molecule has 2 aliphatic heterocycles. The van der Waals surface area contributed by atoms with Gasteiger partial charge in [0, 0.05) is 11.1 Å². The Morgan fingerprint density at radius 3 is 0.850 bits per heavy atom. The Morgan fingerprint density at radius 1 is 0.275 bits per heavy atom. The van der Waals surface area contributed by atoms with Crippen LogP contribution in [0.5, 0.6) is 23.0 Å². The van der Waals surface area contributed by atoms with Crippen LogP contribution in [0.25, 0.3) is 11.1 Å². The van der Waals surface area contributed by atoms with Crippen LogP contribution in [0.1, 0.15) is 0 Å². The summed E-state index contributed by atoms with van der Waals surface area (Å²) in [7, 11) is 0. The number of benzene rings is 6. The normalized spacial score (nSPS) is 12.8. The molecule has 0 bridgehead atoms. The minimum atomic E-state index is 0.834. The molecule has 0 N–H and O–H groups in total. The van der Waals surface area contributed by atoms with Gasteiger partial charge in [0.2, 0.25) is 0 Å². The second-order valence-electron chi connectivity index (χ2n) is 9.78. The molecule has 0 amide bonds. The Hall–Kier alpha value is -5.48. The van der Waals surface area contributed by atoms with Gasteiger partial charge in [0.25, 0.3) is 0 Å². The van der Waals surface area contributed by atoms with Crippen molar-refractivity contribution in [1.82, 2.24) is 0 Å². The van der Waals surface area contributed by atoms with Crippen LogP contribution < -0.4 is 19.3 Å². The molecule has 190 valence electrons. The summed E-state index contributed by atoms with van der Waals surface area (Å²) in [5, 5.41) is 0. The van der Waals surface area contributed by atoms with E-state index >= 15 is 0 Å². The van der Waals surface area contributed by atoms with Gasteiger partial charge in [0.05, 0.1) is 34.1 Å². The molecule has 0 radical (unpaired) electrons. The Bertz CT molecular complexity index is 1670. The summed E-state index contributed by atoms with van der Waals surface area (Å²) in [5.41, 5.74) is 8.42. The van der Waals surface area contributed by atoms with Gasteiger partial charge >= 0.3 is 0 Å². The molecule has 2 heterocycles. The number of hydrogen-bond donors (Lipinski definition) is 0. The van der Waals surface area contributed by atoms with E-state index in [2.05, 4.69) is 107 Å². The zero-order valence-corrected chi connectivity index (χ0v) is 21.6. The van der Waals surface area contributed by atoms with Crippen LogP contribution in [-0.2, 0) is 0 Å². The topological polar surface area (TPSA) is 24.9 Å². The number of ether oxygens (including phenoxy) is 2. The van der Waals surface area contributed by atoms with Crippen LogP contribution in [0.3, 0.4) is 0 Å². The molecular weight excluding hydrogens is 492 g/mol. The van der Waals surface area contributed by atoms with Crippen molar-refractivity contribution in [3.63, 3.8) is 0 Å². The molecule has 0 atom stereocenters. The van der Waals surface area contributed by atoms with Crippen molar-refractivity contribution in [3.8, 4) is 34.1 Å². The third-order valence-electron chi connectivity index (χ3n) is 7.44. The second-order valence-corrected chi connectivity index (χ2v) is 9.78. The fourth-order valence-electron chi connectivity index (χ4n) is 5.72. The van der Waals surface area contributed by atoms with Gasteiger partial charge in [-0.05, 0) is 60.7 Å². The summed E-state index contributed by atoms with van der Waals surface area (Å²) < 4.78 is 12.6. The van der Waals surface area contributed by atoms with E-state index in [1.54, 1.807) is 0 Å². The highest BCUT2D eigenvalue weighted by Crippen LogP contribution is 2.55. The van der Waals surface area contributed by atoms with E-state index < -0.39 is 0 Å². The zero-order chi connectivity index (χ0) is 26.5. The van der Waals surface area contributed by atoms with Crippen molar-refractivity contribution < 1.29 is 9.47 Å². The molecule has 0 fully saturated rings. The van der Waals surface area contributed by atoms with Crippen molar-refractivity contribution in [1.29, 1.82) is 0 Å². The third kappa shape index (κ3) is 3.47. The highest BCUT2D eigenvalue weighted by atomic mass is 16.5. The van der Waals surface area contributed by atoms with Gasteiger partial charge in [-0.15, -0.1) is 0 Å². The van der Waals surface area contributed by atoms with Crippen LogP contribution in [0, 0.1) is 0 Å². The summed E-state index contributed by atoms with van der Waals surface area (Å²) in [6, 6.07) is 50.0. The van der Waals surface area contributed by atoms with Crippen LogP contribution in [0.2, 0.25) is 0 Å². The van der Waals surface area contributed by atoms with E-state index in [9.17, 15) is 0 Å². The van der Waals surface area contributed by atoms with Crippen molar-refractivity contribution in [2.45, 2.75) is 0 Å². The van der Waals surface area contributed by atoms with E-state index in [0.29, 0.717) is 0 Å². The molecule has 6 aromatic rings. The van der Waals surface area contributed by atoms with Crippen molar-refractivity contribution in [3.05, 3.63) is 146 Å². The van der Waals surface area contributed by atoms with E-state index in [1.165, 1.54) is 0 Å². The van der Waals surface area contributed by atoms with Gasteiger partial charge in [-0.3, -0.25) is 0 Å². The minimum absolute atomic E-state index is 0.834. The molecule has 0 unspecified atom stereocenters. The molecule has 0 saturated carbocycles. The van der Waals surface area contributed by atoms with E-state index in [4.69, 9.17) is 9.47 Å². The number of fused-ring (bicyclic) bond motifs is 4. The molecule has 0 aromatic heterocycles. The van der Waals surface area contributed by atoms with Gasteiger partial charge in [0.15, 0.2) is 23.0 Å². The van der Waals surface area contributed by atoms with E-state index in [-0.39, 0.29) is 0 Å². The maximum atomic E-state index is 6.31. The van der Waals surface area contributed by atoms with Gasteiger partial charge in [-0.25, -0.2) is 0 Å². The number of nitrogens with zero attached hydrogens (tertiary/aromatic N) is 2. The Labute approximate surface area is 232 Å². The lowest BCUT2D eigenvalue weighted by Crippen LogP contribution is -2.18. The van der Waals surface area contributed by atoms with Gasteiger partial charge in [-0.2, -0.15) is 0 Å². The van der Waals surface area contributed by atoms with Crippen LogP contribution in [-0.4, -0.2) is 0 Å². The quantitative estimate of drug-likeness (QED) is 0.233. The molecule has 0 saturated heterocycles. The monoisotopic (exact) mass is 516 g/mol. The maximum Gasteiger partial charge on any atom is 0.151 e. The fraction of sp³-hybridized carbons (Fsp3) is 0. The van der Waals surface area contributed by atoms with Crippen molar-refractivity contribution >= 4 is 34.1 Å². The Kier molecular flexibility index (Phi) is 5.10. The Balaban J connectivity index is 1.37. The standard InChI is InChI=1S/C36H24N2O2/c1-3-15-27(37-29-17-5-9-21-33(29)39-34-22-10-6-18-30(34)37)25(13-1)26-14-2-4-16-28(26)38-31-19-7-11-23-35(31)40-36-24-12-8-20-32(36)38/h1-24H. The largest absolute Gasteiger partial charge is 0.453 e. The average molecular weight is 517 g/mol. The first-order chi connectivity index (χ1) is 19.9. The van der Waals surface area contributed by atoms with Gasteiger partial charge in [0.1, 0.15) is 0 Å². The predicted octanol–water partition coefficient (Wildman–Crippen LogP) is 10.5. The SMILES string of the molecule is c1ccc2c(c1)Oc1ccccc1N2c1ccccc1-c1ccccc1N1c2ccccc2Oc2ccccc21. The summed E-state index contributed by atoms with van der Waals surface area (Å²) in [5.74, 6) is 3.33. The molecule has 6 aromatic carbocycles. The van der Waals surface area contributed by atoms with Crippen molar-refractivity contribution in [2.75, 3.05) is 9.80 Å². The van der Waals surface area contributed by atoms with Crippen LogP contribution in [0.15, 0.2) is 146 Å². The van der Waals surface area contributed by atoms with Crippen molar-refractivity contribution in [2.24, 2.45) is 0 Å². The highest BCUT2D eigenvalue weighted by molar-refractivity contribution is 5.99. The smallest absolute Gasteiger partial charge is 0.151 e. The minimum Gasteiger partial charge on any atom is -0.453 e. The maximum absolute atomic E-state index is 6.31. The van der Waals surface area contributed by atoms with Gasteiger partial charge in [-0.1, -0.05) is 84.9 Å². The van der Waals surface area contributed by atoms with Gasteiger partial charge < -0.3 is 19.3 Å². The predicted molar refractivity (Wildman–Crippen MR) is 161 cm³/mol. The summed E-state index contributed by atoms with van der Waals surface area (Å²) in [4.78, 5) is 4.61. The third-order valence-corrected chi connectivity index (χ3v) is 7.44.